The number of nitrogens with one attached hydrogen (secondary N) is 1. The molecule has 1 heterocycles. The molecule has 15 heavy (non-hydrogen) atoms. The fourth-order valence-corrected chi connectivity index (χ4v) is 1.50. The Balaban J connectivity index is 2.42. The Labute approximate surface area is 87.4 Å². The molecule has 0 fully saturated rings. The van der Waals surface area contributed by atoms with E-state index in [0.29, 0.717) is 12.0 Å². The number of amides is 1. The molecular formula is C10H10BNO3. The first-order valence-corrected chi connectivity index (χ1v) is 4.62. The van der Waals surface area contributed by atoms with Crippen LogP contribution in [0.2, 0.25) is 0 Å². The van der Waals surface area contributed by atoms with Crippen molar-refractivity contribution in [2.24, 2.45) is 0 Å². The quantitative estimate of drug-likeness (QED) is 0.513. The van der Waals surface area contributed by atoms with Gasteiger partial charge in [-0.3, -0.25) is 4.79 Å². The summed E-state index contributed by atoms with van der Waals surface area (Å²) in [5, 5.41) is 20.7. The number of rotatable bonds is 1. The second-order valence-electron chi connectivity index (χ2n) is 3.38. The van der Waals surface area contributed by atoms with E-state index in [1.165, 1.54) is 6.08 Å². The van der Waals surface area contributed by atoms with E-state index >= 15 is 0 Å². The molecule has 3 N–H and O–H groups in total. The highest BCUT2D eigenvalue weighted by atomic mass is 16.4. The van der Waals surface area contributed by atoms with E-state index in [2.05, 4.69) is 5.32 Å². The number of hydrogen-bond acceptors (Lipinski definition) is 3. The van der Waals surface area contributed by atoms with Crippen LogP contribution in [-0.4, -0.2) is 23.1 Å². The molecule has 2 rings (SSSR count). The number of carbonyl (C=O) groups excluding carboxylic acids is 1. The summed E-state index contributed by atoms with van der Waals surface area (Å²) in [5.41, 5.74) is 2.22. The molecule has 4 nitrogen and oxygen atoms in total. The first kappa shape index (κ1) is 9.95. The molecule has 0 saturated carbocycles. The smallest absolute Gasteiger partial charge is 0.423 e. The summed E-state index contributed by atoms with van der Waals surface area (Å²) >= 11 is 0. The van der Waals surface area contributed by atoms with Crippen molar-refractivity contribution in [1.82, 2.24) is 5.32 Å². The van der Waals surface area contributed by atoms with Gasteiger partial charge in [0.25, 0.3) is 0 Å². The second-order valence-corrected chi connectivity index (χ2v) is 3.38. The summed E-state index contributed by atoms with van der Waals surface area (Å²) in [7, 11) is -1.48. The molecule has 0 spiro atoms. The largest absolute Gasteiger partial charge is 0.488 e. The second kappa shape index (κ2) is 3.88. The van der Waals surface area contributed by atoms with Crippen LogP contribution in [-0.2, 0) is 11.3 Å². The van der Waals surface area contributed by atoms with Crippen molar-refractivity contribution >= 4 is 24.6 Å². The van der Waals surface area contributed by atoms with Crippen LogP contribution >= 0.6 is 0 Å². The Hall–Kier alpha value is -1.59. The van der Waals surface area contributed by atoms with Gasteiger partial charge in [0.05, 0.1) is 0 Å². The van der Waals surface area contributed by atoms with E-state index in [0.717, 1.165) is 11.1 Å². The van der Waals surface area contributed by atoms with Crippen LogP contribution in [0.15, 0.2) is 24.3 Å². The standard InChI is InChI=1S/C10H10BNO3/c13-10-4-2-7-5-9(11(14)15)3-1-8(7)6-12-10/h1-5,14-15H,6H2,(H,12,13). The lowest BCUT2D eigenvalue weighted by Crippen LogP contribution is -2.30. The Morgan fingerprint density at radius 2 is 2.07 bits per heavy atom. The molecule has 5 heteroatoms. The van der Waals surface area contributed by atoms with Gasteiger partial charge in [-0.25, -0.2) is 0 Å². The molecular weight excluding hydrogens is 193 g/mol. The maximum absolute atomic E-state index is 11.1. The lowest BCUT2D eigenvalue weighted by Gasteiger charge is -2.06. The molecule has 0 aliphatic carbocycles. The zero-order valence-corrected chi connectivity index (χ0v) is 7.97. The van der Waals surface area contributed by atoms with E-state index in [4.69, 9.17) is 10.0 Å². The fraction of sp³-hybridized carbons (Fsp3) is 0.100. The maximum Gasteiger partial charge on any atom is 0.488 e. The van der Waals surface area contributed by atoms with Gasteiger partial charge in [0.15, 0.2) is 0 Å². The van der Waals surface area contributed by atoms with Gasteiger partial charge in [0.1, 0.15) is 0 Å². The summed E-state index contributed by atoms with van der Waals surface area (Å²) < 4.78 is 0. The first-order valence-electron chi connectivity index (χ1n) is 4.62. The van der Waals surface area contributed by atoms with Gasteiger partial charge in [0.2, 0.25) is 5.91 Å². The van der Waals surface area contributed by atoms with Crippen LogP contribution < -0.4 is 10.8 Å². The summed E-state index contributed by atoms with van der Waals surface area (Å²) in [6, 6.07) is 5.08. The van der Waals surface area contributed by atoms with Crippen LogP contribution in [0, 0.1) is 0 Å². The van der Waals surface area contributed by atoms with E-state index in [1.807, 2.05) is 0 Å². The molecule has 0 atom stereocenters. The van der Waals surface area contributed by atoms with Crippen LogP contribution in [0.25, 0.3) is 6.08 Å². The number of fused-ring (bicyclic) bond motifs is 1. The van der Waals surface area contributed by atoms with Gasteiger partial charge in [-0.2, -0.15) is 0 Å². The summed E-state index contributed by atoms with van der Waals surface area (Å²) in [5.74, 6) is -0.141. The Morgan fingerprint density at radius 1 is 1.27 bits per heavy atom. The van der Waals surface area contributed by atoms with Crippen LogP contribution in [0.5, 0.6) is 0 Å². The molecule has 76 valence electrons. The third-order valence-electron chi connectivity index (χ3n) is 2.34. The van der Waals surface area contributed by atoms with Crippen molar-refractivity contribution in [2.45, 2.75) is 6.54 Å². The maximum atomic E-state index is 11.1. The Bertz CT molecular complexity index is 429. The zero-order valence-electron chi connectivity index (χ0n) is 7.97. The van der Waals surface area contributed by atoms with Gasteiger partial charge < -0.3 is 15.4 Å². The first-order chi connectivity index (χ1) is 7.16. The summed E-state index contributed by atoms with van der Waals surface area (Å²) in [6.45, 7) is 0.461. The SMILES string of the molecule is O=C1C=Cc2cc(B(O)O)ccc2CN1. The van der Waals surface area contributed by atoms with E-state index < -0.39 is 7.12 Å². The molecule has 1 aromatic carbocycles. The fourth-order valence-electron chi connectivity index (χ4n) is 1.50. The molecule has 1 amide bonds. The molecule has 1 aliphatic rings. The number of benzene rings is 1. The van der Waals surface area contributed by atoms with Crippen molar-refractivity contribution in [2.75, 3.05) is 0 Å². The highest BCUT2D eigenvalue weighted by Gasteiger charge is 2.13. The van der Waals surface area contributed by atoms with E-state index in [9.17, 15) is 4.79 Å². The van der Waals surface area contributed by atoms with Crippen LogP contribution in [0.4, 0.5) is 0 Å². The monoisotopic (exact) mass is 203 g/mol. The molecule has 1 aromatic rings. The van der Waals surface area contributed by atoms with Gasteiger partial charge in [-0.1, -0.05) is 18.2 Å². The Kier molecular flexibility index (Phi) is 2.57. The molecule has 0 radical (unpaired) electrons. The van der Waals surface area contributed by atoms with Gasteiger partial charge in [0, 0.05) is 12.6 Å². The summed E-state index contributed by atoms with van der Waals surface area (Å²) in [4.78, 5) is 11.1. The molecule has 0 bridgehead atoms. The van der Waals surface area contributed by atoms with Crippen LogP contribution in [0.1, 0.15) is 11.1 Å². The van der Waals surface area contributed by atoms with E-state index in [1.54, 1.807) is 24.3 Å². The van der Waals surface area contributed by atoms with Crippen molar-refractivity contribution in [3.05, 3.63) is 35.4 Å². The highest BCUT2D eigenvalue weighted by molar-refractivity contribution is 6.58. The molecule has 0 saturated heterocycles. The number of carbonyl (C=O) groups is 1. The third kappa shape index (κ3) is 2.08. The third-order valence-corrected chi connectivity index (χ3v) is 2.34. The minimum atomic E-state index is -1.48. The minimum Gasteiger partial charge on any atom is -0.423 e. The lowest BCUT2D eigenvalue weighted by molar-refractivity contribution is -0.116. The molecule has 0 unspecified atom stereocenters. The van der Waals surface area contributed by atoms with Gasteiger partial charge in [-0.05, 0) is 22.7 Å². The summed E-state index contributed by atoms with van der Waals surface area (Å²) in [6.07, 6.45) is 3.10. The highest BCUT2D eigenvalue weighted by Crippen LogP contribution is 2.11. The number of hydrogen-bond donors (Lipinski definition) is 3. The predicted octanol–water partition coefficient (Wildman–Crippen LogP) is -0.991. The lowest BCUT2D eigenvalue weighted by atomic mass is 9.79. The average Bonchev–Trinajstić information content (AvgIpc) is 2.40. The normalized spacial score (nSPS) is 14.1. The van der Waals surface area contributed by atoms with Crippen molar-refractivity contribution in [3.63, 3.8) is 0 Å². The topological polar surface area (TPSA) is 69.6 Å². The van der Waals surface area contributed by atoms with Crippen molar-refractivity contribution in [3.8, 4) is 0 Å². The molecule has 0 aromatic heterocycles. The molecule has 1 aliphatic heterocycles. The van der Waals surface area contributed by atoms with Gasteiger partial charge in [-0.15, -0.1) is 0 Å². The van der Waals surface area contributed by atoms with Crippen molar-refractivity contribution in [1.29, 1.82) is 0 Å². The van der Waals surface area contributed by atoms with E-state index in [-0.39, 0.29) is 5.91 Å². The minimum absolute atomic E-state index is 0.141. The van der Waals surface area contributed by atoms with Gasteiger partial charge >= 0.3 is 7.12 Å². The average molecular weight is 203 g/mol. The predicted molar refractivity (Wildman–Crippen MR) is 57.1 cm³/mol. The van der Waals surface area contributed by atoms with Crippen molar-refractivity contribution < 1.29 is 14.8 Å². The Morgan fingerprint density at radius 3 is 2.80 bits per heavy atom. The van der Waals surface area contributed by atoms with Crippen LogP contribution in [0.3, 0.4) is 0 Å². The zero-order chi connectivity index (χ0) is 10.8.